The Balaban J connectivity index is 2.17. The van der Waals surface area contributed by atoms with E-state index in [1.165, 1.54) is 5.69 Å². The molecule has 0 atom stereocenters. The van der Waals surface area contributed by atoms with Crippen LogP contribution in [0.1, 0.15) is 46.0 Å². The van der Waals surface area contributed by atoms with Gasteiger partial charge < -0.3 is 10.2 Å². The second kappa shape index (κ2) is 10.3. The second-order valence-corrected chi connectivity index (χ2v) is 5.08. The minimum Gasteiger partial charge on any atom is -0.372 e. The molecule has 0 bridgehead atoms. The number of benzene rings is 1. The van der Waals surface area contributed by atoms with Crippen LogP contribution in [0.5, 0.6) is 0 Å². The average molecular weight is 276 g/mol. The van der Waals surface area contributed by atoms with E-state index in [9.17, 15) is 4.79 Å². The summed E-state index contributed by atoms with van der Waals surface area (Å²) in [6.07, 6.45) is 4.97. The molecule has 0 heterocycles. The maximum atomic E-state index is 11.6. The van der Waals surface area contributed by atoms with Crippen LogP contribution in [0.3, 0.4) is 0 Å². The van der Waals surface area contributed by atoms with Crippen LogP contribution in [0.25, 0.3) is 0 Å². The van der Waals surface area contributed by atoms with Crippen molar-refractivity contribution in [2.24, 2.45) is 0 Å². The standard InChI is InChI=1S/C17H28N2O/c1-3-5-7-13-17(20)18-14-10-15-19(4-2)16-11-8-6-9-12-16/h6,8-9,11-12H,3-5,7,10,13-15H2,1-2H3,(H,18,20). The molecule has 0 unspecified atom stereocenters. The van der Waals surface area contributed by atoms with E-state index < -0.39 is 0 Å². The summed E-state index contributed by atoms with van der Waals surface area (Å²) in [6, 6.07) is 10.4. The van der Waals surface area contributed by atoms with Crippen molar-refractivity contribution >= 4 is 11.6 Å². The van der Waals surface area contributed by atoms with Gasteiger partial charge in [0.25, 0.3) is 0 Å². The number of rotatable bonds is 10. The molecule has 0 aromatic heterocycles. The molecule has 0 spiro atoms. The molecule has 112 valence electrons. The van der Waals surface area contributed by atoms with Crippen molar-refractivity contribution in [2.45, 2.75) is 46.0 Å². The molecule has 1 aromatic carbocycles. The molecule has 0 fully saturated rings. The summed E-state index contributed by atoms with van der Waals surface area (Å²) in [4.78, 5) is 13.9. The monoisotopic (exact) mass is 276 g/mol. The number of carbonyl (C=O) groups excluding carboxylic acids is 1. The molecule has 3 heteroatoms. The summed E-state index contributed by atoms with van der Waals surface area (Å²) in [5, 5.41) is 3.01. The van der Waals surface area contributed by atoms with Crippen molar-refractivity contribution in [1.29, 1.82) is 0 Å². The zero-order valence-electron chi connectivity index (χ0n) is 12.9. The summed E-state index contributed by atoms with van der Waals surface area (Å²) in [7, 11) is 0. The van der Waals surface area contributed by atoms with Gasteiger partial charge in [0.2, 0.25) is 5.91 Å². The molecule has 0 radical (unpaired) electrons. The number of amides is 1. The number of hydrogen-bond donors (Lipinski definition) is 1. The minimum absolute atomic E-state index is 0.196. The lowest BCUT2D eigenvalue weighted by Crippen LogP contribution is -2.29. The number of nitrogens with zero attached hydrogens (tertiary/aromatic N) is 1. The zero-order chi connectivity index (χ0) is 14.6. The van der Waals surface area contributed by atoms with E-state index in [1.54, 1.807) is 0 Å². The van der Waals surface area contributed by atoms with Gasteiger partial charge in [-0.05, 0) is 31.9 Å². The van der Waals surface area contributed by atoms with E-state index in [1.807, 2.05) is 6.07 Å². The molecule has 0 aliphatic rings. The first kappa shape index (κ1) is 16.5. The van der Waals surface area contributed by atoms with E-state index in [-0.39, 0.29) is 5.91 Å². The number of carbonyl (C=O) groups is 1. The first-order chi connectivity index (χ1) is 9.77. The summed E-state index contributed by atoms with van der Waals surface area (Å²) in [6.45, 7) is 7.07. The molecular formula is C17H28N2O. The van der Waals surface area contributed by atoms with Crippen molar-refractivity contribution in [3.8, 4) is 0 Å². The SMILES string of the molecule is CCCCCC(=O)NCCCN(CC)c1ccccc1. The first-order valence-electron chi connectivity index (χ1n) is 7.84. The van der Waals surface area contributed by atoms with Gasteiger partial charge >= 0.3 is 0 Å². The molecule has 1 N–H and O–H groups in total. The van der Waals surface area contributed by atoms with Crippen molar-refractivity contribution < 1.29 is 4.79 Å². The summed E-state index contributed by atoms with van der Waals surface area (Å²) >= 11 is 0. The highest BCUT2D eigenvalue weighted by atomic mass is 16.1. The van der Waals surface area contributed by atoms with Crippen LogP contribution in [0.4, 0.5) is 5.69 Å². The molecule has 0 aliphatic heterocycles. The fraction of sp³-hybridized carbons (Fsp3) is 0.588. The fourth-order valence-electron chi connectivity index (χ4n) is 2.23. The molecule has 0 saturated heterocycles. The van der Waals surface area contributed by atoms with E-state index in [0.29, 0.717) is 6.42 Å². The quantitative estimate of drug-likeness (QED) is 0.662. The van der Waals surface area contributed by atoms with E-state index in [0.717, 1.165) is 45.3 Å². The van der Waals surface area contributed by atoms with Gasteiger partial charge in [-0.15, -0.1) is 0 Å². The minimum atomic E-state index is 0.196. The number of nitrogens with one attached hydrogen (secondary N) is 1. The lowest BCUT2D eigenvalue weighted by molar-refractivity contribution is -0.121. The van der Waals surface area contributed by atoms with Crippen molar-refractivity contribution in [1.82, 2.24) is 5.32 Å². The van der Waals surface area contributed by atoms with Crippen LogP contribution < -0.4 is 10.2 Å². The van der Waals surface area contributed by atoms with Crippen molar-refractivity contribution in [3.05, 3.63) is 30.3 Å². The van der Waals surface area contributed by atoms with Crippen LogP contribution >= 0.6 is 0 Å². The Labute approximate surface area is 123 Å². The summed E-state index contributed by atoms with van der Waals surface area (Å²) in [5.41, 5.74) is 1.25. The topological polar surface area (TPSA) is 32.3 Å². The average Bonchev–Trinajstić information content (AvgIpc) is 2.48. The predicted octanol–water partition coefficient (Wildman–Crippen LogP) is 3.60. The fourth-order valence-corrected chi connectivity index (χ4v) is 2.23. The van der Waals surface area contributed by atoms with Crippen LogP contribution in [0, 0.1) is 0 Å². The van der Waals surface area contributed by atoms with Crippen molar-refractivity contribution in [3.63, 3.8) is 0 Å². The van der Waals surface area contributed by atoms with Gasteiger partial charge in [0.15, 0.2) is 0 Å². The predicted molar refractivity (Wildman–Crippen MR) is 86.1 cm³/mol. The van der Waals surface area contributed by atoms with E-state index in [4.69, 9.17) is 0 Å². The van der Waals surface area contributed by atoms with Gasteiger partial charge in [0.05, 0.1) is 0 Å². The van der Waals surface area contributed by atoms with Crippen LogP contribution in [-0.4, -0.2) is 25.5 Å². The highest BCUT2D eigenvalue weighted by Crippen LogP contribution is 2.12. The van der Waals surface area contributed by atoms with Gasteiger partial charge in [0.1, 0.15) is 0 Å². The lowest BCUT2D eigenvalue weighted by atomic mass is 10.2. The number of unbranched alkanes of at least 4 members (excludes halogenated alkanes) is 2. The smallest absolute Gasteiger partial charge is 0.219 e. The maximum absolute atomic E-state index is 11.6. The molecule has 3 nitrogen and oxygen atoms in total. The lowest BCUT2D eigenvalue weighted by Gasteiger charge is -2.23. The molecule has 1 amide bonds. The molecule has 1 aromatic rings. The van der Waals surface area contributed by atoms with Crippen LogP contribution in [0.2, 0.25) is 0 Å². The van der Waals surface area contributed by atoms with Gasteiger partial charge in [0, 0.05) is 31.7 Å². The highest BCUT2D eigenvalue weighted by molar-refractivity contribution is 5.75. The first-order valence-corrected chi connectivity index (χ1v) is 7.84. The van der Waals surface area contributed by atoms with Gasteiger partial charge in [-0.1, -0.05) is 38.0 Å². The van der Waals surface area contributed by atoms with Crippen LogP contribution in [0.15, 0.2) is 30.3 Å². The molecular weight excluding hydrogens is 248 g/mol. The van der Waals surface area contributed by atoms with Gasteiger partial charge in [-0.2, -0.15) is 0 Å². The normalized spacial score (nSPS) is 10.3. The molecule has 20 heavy (non-hydrogen) atoms. The van der Waals surface area contributed by atoms with Crippen molar-refractivity contribution in [2.75, 3.05) is 24.5 Å². The maximum Gasteiger partial charge on any atom is 0.219 e. The zero-order valence-corrected chi connectivity index (χ0v) is 12.9. The largest absolute Gasteiger partial charge is 0.372 e. The second-order valence-electron chi connectivity index (χ2n) is 5.08. The number of para-hydroxylation sites is 1. The third-order valence-electron chi connectivity index (χ3n) is 3.44. The Bertz CT molecular complexity index is 365. The summed E-state index contributed by atoms with van der Waals surface area (Å²) < 4.78 is 0. The van der Waals surface area contributed by atoms with Crippen LogP contribution in [-0.2, 0) is 4.79 Å². The number of anilines is 1. The third-order valence-corrected chi connectivity index (χ3v) is 3.44. The van der Waals surface area contributed by atoms with E-state index >= 15 is 0 Å². The Morgan fingerprint density at radius 1 is 1.10 bits per heavy atom. The highest BCUT2D eigenvalue weighted by Gasteiger charge is 2.04. The number of hydrogen-bond acceptors (Lipinski definition) is 2. The Hall–Kier alpha value is -1.51. The molecule has 0 saturated carbocycles. The Morgan fingerprint density at radius 2 is 1.85 bits per heavy atom. The van der Waals surface area contributed by atoms with Gasteiger partial charge in [-0.25, -0.2) is 0 Å². The third kappa shape index (κ3) is 6.60. The molecule has 1 rings (SSSR count). The van der Waals surface area contributed by atoms with E-state index in [2.05, 4.69) is 48.3 Å². The molecule has 0 aliphatic carbocycles. The summed E-state index contributed by atoms with van der Waals surface area (Å²) in [5.74, 6) is 0.196. The Morgan fingerprint density at radius 3 is 2.50 bits per heavy atom. The Kier molecular flexibility index (Phi) is 8.52. The van der Waals surface area contributed by atoms with Gasteiger partial charge in [-0.3, -0.25) is 4.79 Å².